The van der Waals surface area contributed by atoms with E-state index in [2.05, 4.69) is 5.32 Å². The summed E-state index contributed by atoms with van der Waals surface area (Å²) in [6.45, 7) is 0. The maximum Gasteiger partial charge on any atom is 0.196 e. The summed E-state index contributed by atoms with van der Waals surface area (Å²) in [4.78, 5) is 26.2. The van der Waals surface area contributed by atoms with Gasteiger partial charge in [-0.05, 0) is 12.1 Å². The number of anilines is 3. The first kappa shape index (κ1) is 15.9. The van der Waals surface area contributed by atoms with Gasteiger partial charge in [-0.25, -0.2) is 0 Å². The first-order valence-electron chi connectivity index (χ1n) is 8.12. The van der Waals surface area contributed by atoms with E-state index < -0.39 is 0 Å². The van der Waals surface area contributed by atoms with Crippen LogP contribution in [0.4, 0.5) is 17.1 Å². The van der Waals surface area contributed by atoms with Crippen molar-refractivity contribution in [2.45, 2.75) is 0 Å². The zero-order valence-corrected chi connectivity index (χ0v) is 14.1. The van der Waals surface area contributed by atoms with Crippen molar-refractivity contribution in [1.29, 1.82) is 0 Å². The lowest BCUT2D eigenvalue weighted by molar-refractivity contribution is 0.0980. The van der Waals surface area contributed by atoms with E-state index in [4.69, 9.17) is 10.5 Å². The molecule has 0 amide bonds. The van der Waals surface area contributed by atoms with E-state index in [9.17, 15) is 9.59 Å². The van der Waals surface area contributed by atoms with Gasteiger partial charge < -0.3 is 15.8 Å². The Morgan fingerprint density at radius 3 is 2.04 bits per heavy atom. The predicted octanol–water partition coefficient (Wildman–Crippen LogP) is 3.80. The topological polar surface area (TPSA) is 81.4 Å². The van der Waals surface area contributed by atoms with Gasteiger partial charge in [0, 0.05) is 22.9 Å². The number of nitrogens with two attached hydrogens (primary N) is 1. The van der Waals surface area contributed by atoms with Crippen molar-refractivity contribution < 1.29 is 14.3 Å². The average molecular weight is 344 g/mol. The molecule has 4 rings (SSSR count). The molecule has 0 saturated carbocycles. The van der Waals surface area contributed by atoms with Crippen molar-refractivity contribution in [1.82, 2.24) is 0 Å². The van der Waals surface area contributed by atoms with E-state index in [0.29, 0.717) is 22.6 Å². The summed E-state index contributed by atoms with van der Waals surface area (Å²) in [5.41, 5.74) is 8.82. The highest BCUT2D eigenvalue weighted by molar-refractivity contribution is 6.32. The Labute approximate surface area is 150 Å². The Kier molecular flexibility index (Phi) is 3.69. The molecular weight excluding hydrogens is 328 g/mol. The third-order valence-corrected chi connectivity index (χ3v) is 4.47. The summed E-state index contributed by atoms with van der Waals surface area (Å²) in [5, 5.41) is 3.21. The molecule has 1 aliphatic rings. The van der Waals surface area contributed by atoms with E-state index in [0.717, 1.165) is 5.69 Å². The summed E-state index contributed by atoms with van der Waals surface area (Å²) in [7, 11) is 1.48. The lowest BCUT2D eigenvalue weighted by Gasteiger charge is -2.23. The number of nitrogens with one attached hydrogen (secondary N) is 1. The maximum absolute atomic E-state index is 13.1. The summed E-state index contributed by atoms with van der Waals surface area (Å²) in [5.74, 6) is -0.159. The molecule has 0 fully saturated rings. The quantitative estimate of drug-likeness (QED) is 0.553. The van der Waals surface area contributed by atoms with Gasteiger partial charge in [-0.3, -0.25) is 9.59 Å². The molecule has 0 atom stereocenters. The molecule has 0 spiro atoms. The van der Waals surface area contributed by atoms with Gasteiger partial charge in [-0.1, -0.05) is 42.5 Å². The van der Waals surface area contributed by atoms with Gasteiger partial charge in [0.05, 0.1) is 29.6 Å². The number of hydrogen-bond donors (Lipinski definition) is 2. The second-order valence-corrected chi connectivity index (χ2v) is 5.98. The summed E-state index contributed by atoms with van der Waals surface area (Å²) < 4.78 is 5.33. The van der Waals surface area contributed by atoms with Crippen LogP contribution in [0, 0.1) is 0 Å². The minimum Gasteiger partial charge on any atom is -0.494 e. The molecule has 0 saturated heterocycles. The average Bonchev–Trinajstić information content (AvgIpc) is 2.68. The number of ether oxygens (including phenoxy) is 1. The molecule has 3 aromatic rings. The number of carbonyl (C=O) groups is 2. The molecule has 0 radical (unpaired) electrons. The van der Waals surface area contributed by atoms with Gasteiger partial charge in [0.25, 0.3) is 0 Å². The molecule has 3 N–H and O–H groups in total. The van der Waals surface area contributed by atoms with E-state index in [1.165, 1.54) is 7.11 Å². The molecule has 0 heterocycles. The molecule has 1 aliphatic carbocycles. The minimum absolute atomic E-state index is 0.175. The molecule has 5 heteroatoms. The molecule has 0 aliphatic heterocycles. The van der Waals surface area contributed by atoms with Gasteiger partial charge in [0.2, 0.25) is 0 Å². The fourth-order valence-electron chi connectivity index (χ4n) is 3.24. The van der Waals surface area contributed by atoms with Crippen molar-refractivity contribution in [3.05, 3.63) is 82.9 Å². The number of para-hydroxylation sites is 1. The van der Waals surface area contributed by atoms with Crippen molar-refractivity contribution >= 4 is 28.6 Å². The molecule has 0 aromatic heterocycles. The van der Waals surface area contributed by atoms with Crippen LogP contribution in [0.15, 0.2) is 60.7 Å². The maximum atomic E-state index is 13.1. The van der Waals surface area contributed by atoms with E-state index in [-0.39, 0.29) is 28.4 Å². The van der Waals surface area contributed by atoms with Gasteiger partial charge >= 0.3 is 0 Å². The first-order valence-corrected chi connectivity index (χ1v) is 8.12. The van der Waals surface area contributed by atoms with Crippen LogP contribution in [0.2, 0.25) is 0 Å². The van der Waals surface area contributed by atoms with Crippen LogP contribution in [0.5, 0.6) is 5.75 Å². The molecule has 5 nitrogen and oxygen atoms in total. The number of methoxy groups -OCH3 is 1. The van der Waals surface area contributed by atoms with E-state index in [1.807, 2.05) is 30.3 Å². The highest BCUT2D eigenvalue weighted by Crippen LogP contribution is 2.41. The van der Waals surface area contributed by atoms with Gasteiger partial charge in [0.15, 0.2) is 11.6 Å². The van der Waals surface area contributed by atoms with E-state index in [1.54, 1.807) is 30.3 Å². The second-order valence-electron chi connectivity index (χ2n) is 5.98. The monoisotopic (exact) mass is 344 g/mol. The number of fused-ring (bicyclic) bond motifs is 2. The van der Waals surface area contributed by atoms with Crippen LogP contribution < -0.4 is 15.8 Å². The lowest BCUT2D eigenvalue weighted by Crippen LogP contribution is -2.24. The van der Waals surface area contributed by atoms with Gasteiger partial charge in [0.1, 0.15) is 5.75 Å². The highest BCUT2D eigenvalue weighted by atomic mass is 16.5. The van der Waals surface area contributed by atoms with Crippen LogP contribution in [0.1, 0.15) is 31.8 Å². The molecule has 128 valence electrons. The van der Waals surface area contributed by atoms with Crippen LogP contribution in [-0.4, -0.2) is 18.7 Å². The number of benzene rings is 3. The van der Waals surface area contributed by atoms with Crippen LogP contribution >= 0.6 is 0 Å². The summed E-state index contributed by atoms with van der Waals surface area (Å²) >= 11 is 0. The SMILES string of the molecule is COc1cc(Nc2ccccc2)c2c(c1N)C(=O)c1ccccc1C2=O. The van der Waals surface area contributed by atoms with Crippen molar-refractivity contribution in [3.63, 3.8) is 0 Å². The third-order valence-electron chi connectivity index (χ3n) is 4.47. The molecule has 0 unspecified atom stereocenters. The number of hydrogen-bond acceptors (Lipinski definition) is 5. The Balaban J connectivity index is 1.97. The lowest BCUT2D eigenvalue weighted by atomic mass is 9.82. The van der Waals surface area contributed by atoms with Crippen LogP contribution in [0.25, 0.3) is 0 Å². The van der Waals surface area contributed by atoms with E-state index >= 15 is 0 Å². The fraction of sp³-hybridized carbons (Fsp3) is 0.0476. The van der Waals surface area contributed by atoms with Crippen molar-refractivity contribution in [2.75, 3.05) is 18.2 Å². The molecule has 26 heavy (non-hydrogen) atoms. The largest absolute Gasteiger partial charge is 0.494 e. The number of nitrogen functional groups attached to an aromatic ring is 1. The highest BCUT2D eigenvalue weighted by Gasteiger charge is 2.34. The normalized spacial score (nSPS) is 12.3. The number of carbonyl (C=O) groups excluding carboxylic acids is 2. The van der Waals surface area contributed by atoms with Gasteiger partial charge in [-0.15, -0.1) is 0 Å². The fourth-order valence-corrected chi connectivity index (χ4v) is 3.24. The molecule has 3 aromatic carbocycles. The zero-order chi connectivity index (χ0) is 18.3. The minimum atomic E-state index is -0.275. The summed E-state index contributed by atoms with van der Waals surface area (Å²) in [6.07, 6.45) is 0. The molecular formula is C21H16N2O3. The zero-order valence-electron chi connectivity index (χ0n) is 14.1. The Hall–Kier alpha value is -3.60. The standard InChI is InChI=1S/C21H16N2O3/c1-26-16-11-15(23-12-7-3-2-4-8-12)17-18(19(16)22)21(25)14-10-6-5-9-13(14)20(17)24/h2-11,23H,22H2,1H3. The smallest absolute Gasteiger partial charge is 0.196 e. The predicted molar refractivity (Wildman–Crippen MR) is 100 cm³/mol. The third kappa shape index (κ3) is 2.33. The van der Waals surface area contributed by atoms with Crippen LogP contribution in [0.3, 0.4) is 0 Å². The van der Waals surface area contributed by atoms with Crippen LogP contribution in [-0.2, 0) is 0 Å². The first-order chi connectivity index (χ1) is 12.6. The number of ketones is 2. The molecule has 0 bridgehead atoms. The van der Waals surface area contributed by atoms with Crippen molar-refractivity contribution in [3.8, 4) is 5.75 Å². The Morgan fingerprint density at radius 1 is 0.846 bits per heavy atom. The van der Waals surface area contributed by atoms with Gasteiger partial charge in [-0.2, -0.15) is 0 Å². The Bertz CT molecular complexity index is 1040. The Morgan fingerprint density at radius 2 is 1.42 bits per heavy atom. The number of rotatable bonds is 3. The summed E-state index contributed by atoms with van der Waals surface area (Å²) in [6, 6.07) is 17.8. The van der Waals surface area contributed by atoms with Crippen molar-refractivity contribution in [2.24, 2.45) is 0 Å². The second kappa shape index (κ2) is 6.04.